The molecule has 0 saturated carbocycles. The van der Waals surface area contributed by atoms with Crippen LogP contribution in [0.15, 0.2) is 42.5 Å². The van der Waals surface area contributed by atoms with Crippen LogP contribution in [-0.4, -0.2) is 24.5 Å². The maximum atomic E-state index is 12.6. The molecule has 1 aliphatic heterocycles. The van der Waals surface area contributed by atoms with Crippen molar-refractivity contribution in [2.45, 2.75) is 19.5 Å². The van der Waals surface area contributed by atoms with Crippen LogP contribution < -0.4 is 10.5 Å². The van der Waals surface area contributed by atoms with Gasteiger partial charge in [-0.2, -0.15) is 0 Å². The zero-order chi connectivity index (χ0) is 15.5. The highest BCUT2D eigenvalue weighted by Gasteiger charge is 2.22. The summed E-state index contributed by atoms with van der Waals surface area (Å²) < 4.78 is 5.27. The van der Waals surface area contributed by atoms with Crippen LogP contribution in [0.25, 0.3) is 0 Å². The van der Waals surface area contributed by atoms with Gasteiger partial charge >= 0.3 is 0 Å². The van der Waals surface area contributed by atoms with Crippen molar-refractivity contribution in [3.63, 3.8) is 0 Å². The van der Waals surface area contributed by atoms with Crippen molar-refractivity contribution in [3.8, 4) is 5.75 Å². The highest BCUT2D eigenvalue weighted by Crippen LogP contribution is 2.24. The Morgan fingerprint density at radius 3 is 2.64 bits per heavy atom. The predicted molar refractivity (Wildman–Crippen MR) is 85.8 cm³/mol. The minimum absolute atomic E-state index is 0.0667. The molecule has 114 valence electrons. The van der Waals surface area contributed by atoms with Gasteiger partial charge in [-0.3, -0.25) is 4.79 Å². The Labute approximate surface area is 130 Å². The zero-order valence-corrected chi connectivity index (χ0v) is 12.7. The molecule has 4 heteroatoms. The topological polar surface area (TPSA) is 55.6 Å². The summed E-state index contributed by atoms with van der Waals surface area (Å²) in [4.78, 5) is 14.5. The van der Waals surface area contributed by atoms with Gasteiger partial charge in [-0.1, -0.05) is 18.2 Å². The number of ether oxygens (including phenoxy) is 1. The molecular weight excluding hydrogens is 276 g/mol. The minimum Gasteiger partial charge on any atom is -0.497 e. The SMILES string of the molecule is COc1ccc2c(c1)CN(C(=O)c1ccc(CN)cc1)CC2. The van der Waals surface area contributed by atoms with Gasteiger partial charge in [0.1, 0.15) is 5.75 Å². The first-order valence-electron chi connectivity index (χ1n) is 7.45. The third-order valence-corrected chi connectivity index (χ3v) is 4.15. The van der Waals surface area contributed by atoms with E-state index in [0.717, 1.165) is 29.8 Å². The molecule has 0 aliphatic carbocycles. The van der Waals surface area contributed by atoms with Gasteiger partial charge in [-0.25, -0.2) is 0 Å². The van der Waals surface area contributed by atoms with E-state index >= 15 is 0 Å². The summed E-state index contributed by atoms with van der Waals surface area (Å²) in [7, 11) is 1.66. The lowest BCUT2D eigenvalue weighted by atomic mass is 9.98. The Morgan fingerprint density at radius 2 is 1.95 bits per heavy atom. The molecule has 1 amide bonds. The third-order valence-electron chi connectivity index (χ3n) is 4.15. The van der Waals surface area contributed by atoms with Gasteiger partial charge in [-0.05, 0) is 47.4 Å². The second-order valence-corrected chi connectivity index (χ2v) is 5.51. The van der Waals surface area contributed by atoms with Gasteiger partial charge in [0.25, 0.3) is 5.91 Å². The Kier molecular flexibility index (Phi) is 4.11. The molecule has 2 aromatic rings. The first-order valence-corrected chi connectivity index (χ1v) is 7.45. The van der Waals surface area contributed by atoms with Crippen molar-refractivity contribution in [2.75, 3.05) is 13.7 Å². The minimum atomic E-state index is 0.0667. The molecule has 22 heavy (non-hydrogen) atoms. The molecule has 0 unspecified atom stereocenters. The molecule has 1 aliphatic rings. The second kappa shape index (κ2) is 6.20. The van der Waals surface area contributed by atoms with E-state index in [0.29, 0.717) is 18.7 Å². The smallest absolute Gasteiger partial charge is 0.254 e. The number of nitrogens with two attached hydrogens (primary N) is 1. The molecule has 0 aromatic heterocycles. The van der Waals surface area contributed by atoms with Crippen molar-refractivity contribution < 1.29 is 9.53 Å². The average Bonchev–Trinajstić information content (AvgIpc) is 2.60. The highest BCUT2D eigenvalue weighted by atomic mass is 16.5. The summed E-state index contributed by atoms with van der Waals surface area (Å²) in [6.45, 7) is 1.87. The van der Waals surface area contributed by atoms with Crippen LogP contribution in [0, 0.1) is 0 Å². The number of fused-ring (bicyclic) bond motifs is 1. The van der Waals surface area contributed by atoms with E-state index in [2.05, 4.69) is 6.07 Å². The Balaban J connectivity index is 1.79. The average molecular weight is 296 g/mol. The van der Waals surface area contributed by atoms with Crippen molar-refractivity contribution in [3.05, 3.63) is 64.7 Å². The highest BCUT2D eigenvalue weighted by molar-refractivity contribution is 5.94. The summed E-state index contributed by atoms with van der Waals surface area (Å²) in [5, 5.41) is 0. The first-order chi connectivity index (χ1) is 10.7. The molecule has 0 bridgehead atoms. The molecule has 3 rings (SSSR count). The number of nitrogens with zero attached hydrogens (tertiary/aromatic N) is 1. The number of carbonyl (C=O) groups excluding carboxylic acids is 1. The van der Waals surface area contributed by atoms with E-state index in [4.69, 9.17) is 10.5 Å². The number of methoxy groups -OCH3 is 1. The van der Waals surface area contributed by atoms with E-state index in [1.807, 2.05) is 41.3 Å². The molecule has 0 saturated heterocycles. The largest absolute Gasteiger partial charge is 0.497 e. The standard InChI is InChI=1S/C18H20N2O2/c1-22-17-7-6-14-8-9-20(12-16(14)10-17)18(21)15-4-2-13(11-19)3-5-15/h2-7,10H,8-9,11-12,19H2,1H3. The molecule has 2 aromatic carbocycles. The lowest BCUT2D eigenvalue weighted by molar-refractivity contribution is 0.0734. The fourth-order valence-corrected chi connectivity index (χ4v) is 2.80. The maximum absolute atomic E-state index is 12.6. The molecule has 0 spiro atoms. The number of carbonyl (C=O) groups is 1. The summed E-state index contributed by atoms with van der Waals surface area (Å²) >= 11 is 0. The van der Waals surface area contributed by atoms with Gasteiger partial charge in [0.2, 0.25) is 0 Å². The fraction of sp³-hybridized carbons (Fsp3) is 0.278. The number of rotatable bonds is 3. The summed E-state index contributed by atoms with van der Waals surface area (Å²) in [5.74, 6) is 0.900. The molecule has 2 N–H and O–H groups in total. The van der Waals surface area contributed by atoms with E-state index in [-0.39, 0.29) is 5.91 Å². The molecule has 0 radical (unpaired) electrons. The molecule has 1 heterocycles. The number of hydrogen-bond acceptors (Lipinski definition) is 3. The summed E-state index contributed by atoms with van der Waals surface area (Å²) in [5.41, 5.74) is 9.80. The van der Waals surface area contributed by atoms with Crippen LogP contribution in [0.5, 0.6) is 5.75 Å². The van der Waals surface area contributed by atoms with Gasteiger partial charge in [0, 0.05) is 25.2 Å². The fourth-order valence-electron chi connectivity index (χ4n) is 2.80. The van der Waals surface area contributed by atoms with E-state index < -0.39 is 0 Å². The normalized spacial score (nSPS) is 13.6. The number of benzene rings is 2. The second-order valence-electron chi connectivity index (χ2n) is 5.51. The van der Waals surface area contributed by atoms with Gasteiger partial charge in [0.15, 0.2) is 0 Å². The van der Waals surface area contributed by atoms with Crippen molar-refractivity contribution >= 4 is 5.91 Å². The van der Waals surface area contributed by atoms with Crippen LogP contribution in [0.1, 0.15) is 27.0 Å². The van der Waals surface area contributed by atoms with E-state index in [1.54, 1.807) is 7.11 Å². The molecule has 0 fully saturated rings. The van der Waals surface area contributed by atoms with Crippen LogP contribution in [0.4, 0.5) is 0 Å². The van der Waals surface area contributed by atoms with Gasteiger partial charge in [0.05, 0.1) is 7.11 Å². The number of hydrogen-bond donors (Lipinski definition) is 1. The quantitative estimate of drug-likeness (QED) is 0.946. The third kappa shape index (κ3) is 2.83. The van der Waals surface area contributed by atoms with E-state index in [1.165, 1.54) is 5.56 Å². The van der Waals surface area contributed by atoms with Crippen molar-refractivity contribution in [1.82, 2.24) is 4.90 Å². The summed E-state index contributed by atoms with van der Waals surface area (Å²) in [6, 6.07) is 13.6. The maximum Gasteiger partial charge on any atom is 0.254 e. The zero-order valence-electron chi connectivity index (χ0n) is 12.7. The lowest BCUT2D eigenvalue weighted by Crippen LogP contribution is -2.35. The molecule has 0 atom stereocenters. The predicted octanol–water partition coefficient (Wildman–Crippen LogP) is 2.35. The van der Waals surface area contributed by atoms with Crippen LogP contribution in [0.2, 0.25) is 0 Å². The lowest BCUT2D eigenvalue weighted by Gasteiger charge is -2.29. The van der Waals surface area contributed by atoms with Crippen LogP contribution in [0.3, 0.4) is 0 Å². The molecular formula is C18H20N2O2. The molecule has 4 nitrogen and oxygen atoms in total. The van der Waals surface area contributed by atoms with Crippen molar-refractivity contribution in [2.24, 2.45) is 5.73 Å². The number of amides is 1. The first kappa shape index (κ1) is 14.6. The summed E-state index contributed by atoms with van der Waals surface area (Å²) in [6.07, 6.45) is 0.881. The Morgan fingerprint density at radius 1 is 1.18 bits per heavy atom. The Hall–Kier alpha value is -2.33. The van der Waals surface area contributed by atoms with Crippen LogP contribution >= 0.6 is 0 Å². The van der Waals surface area contributed by atoms with Gasteiger partial charge in [-0.15, -0.1) is 0 Å². The monoisotopic (exact) mass is 296 g/mol. The van der Waals surface area contributed by atoms with Crippen molar-refractivity contribution in [1.29, 1.82) is 0 Å². The van der Waals surface area contributed by atoms with E-state index in [9.17, 15) is 4.79 Å². The van der Waals surface area contributed by atoms with Crippen LogP contribution in [-0.2, 0) is 19.5 Å². The Bertz CT molecular complexity index is 680. The van der Waals surface area contributed by atoms with Gasteiger partial charge < -0.3 is 15.4 Å².